The van der Waals surface area contributed by atoms with Crippen molar-refractivity contribution in [3.05, 3.63) is 85.1 Å². The molecule has 0 spiro atoms. The summed E-state index contributed by atoms with van der Waals surface area (Å²) in [5, 5.41) is 9.83. The number of aliphatic hydroxyl groups is 1. The predicted octanol–water partition coefficient (Wildman–Crippen LogP) is 18.3. The highest BCUT2D eigenvalue weighted by molar-refractivity contribution is 7.47. The van der Waals surface area contributed by atoms with Gasteiger partial charge in [-0.3, -0.25) is 23.4 Å². The second kappa shape index (κ2) is 57.8. The van der Waals surface area contributed by atoms with E-state index in [-0.39, 0.29) is 25.9 Å². The van der Waals surface area contributed by atoms with Crippen LogP contribution in [0.15, 0.2) is 85.1 Å². The first-order valence-corrected chi connectivity index (χ1v) is 32.0. The van der Waals surface area contributed by atoms with Crippen molar-refractivity contribution >= 4 is 25.7 Å². The summed E-state index contributed by atoms with van der Waals surface area (Å²) in [5.74, 6) is -1.51. The van der Waals surface area contributed by atoms with Gasteiger partial charge in [-0.15, -0.1) is 0 Å². The second-order valence-corrected chi connectivity index (χ2v) is 21.6. The normalized spacial score (nSPS) is 13.9. The molecule has 0 fully saturated rings. The van der Waals surface area contributed by atoms with Crippen LogP contribution in [-0.2, 0) is 42.2 Å². The lowest BCUT2D eigenvalue weighted by molar-refractivity contribution is -0.161. The van der Waals surface area contributed by atoms with E-state index in [1.807, 2.05) is 0 Å². The molecule has 438 valence electrons. The number of carbonyl (C=O) groups excluding carboxylic acids is 3. The largest absolute Gasteiger partial charge is 0.472 e. The van der Waals surface area contributed by atoms with Gasteiger partial charge >= 0.3 is 25.7 Å². The molecule has 0 heterocycles. The molecule has 0 aliphatic heterocycles. The van der Waals surface area contributed by atoms with Crippen molar-refractivity contribution in [2.75, 3.05) is 26.4 Å². The van der Waals surface area contributed by atoms with Crippen molar-refractivity contribution in [3.63, 3.8) is 0 Å². The molecule has 0 rings (SSSR count). The molecule has 0 radical (unpaired) electrons. The van der Waals surface area contributed by atoms with E-state index < -0.39 is 57.8 Å². The number of esters is 3. The van der Waals surface area contributed by atoms with Crippen LogP contribution >= 0.6 is 7.82 Å². The summed E-state index contributed by atoms with van der Waals surface area (Å²) in [4.78, 5) is 48.6. The average Bonchev–Trinajstić information content (AvgIpc) is 3.41. The van der Waals surface area contributed by atoms with Crippen LogP contribution in [-0.4, -0.2) is 66.5 Å². The van der Waals surface area contributed by atoms with Gasteiger partial charge in [-0.05, 0) is 116 Å². The third kappa shape index (κ3) is 55.4. The number of aliphatic hydroxyl groups excluding tert-OH is 1. The highest BCUT2D eigenvalue weighted by Crippen LogP contribution is 2.43. The van der Waals surface area contributed by atoms with E-state index in [2.05, 4.69) is 106 Å². The minimum Gasteiger partial charge on any atom is -0.462 e. The van der Waals surface area contributed by atoms with Crippen LogP contribution in [0.2, 0.25) is 0 Å². The van der Waals surface area contributed by atoms with Crippen molar-refractivity contribution in [3.8, 4) is 0 Å². The Labute approximate surface area is 464 Å². The summed E-state index contributed by atoms with van der Waals surface area (Å²) >= 11 is 0. The molecule has 0 saturated heterocycles. The first-order valence-electron chi connectivity index (χ1n) is 30.5. The van der Waals surface area contributed by atoms with Gasteiger partial charge in [-0.25, -0.2) is 4.57 Å². The summed E-state index contributed by atoms with van der Waals surface area (Å²) in [6, 6.07) is 0. The van der Waals surface area contributed by atoms with Crippen LogP contribution in [0, 0.1) is 0 Å². The third-order valence-corrected chi connectivity index (χ3v) is 13.7. The Bertz CT molecular complexity index is 1600. The molecule has 12 heteroatoms. The Hall–Kier alpha value is -3.34. The number of ether oxygens (including phenoxy) is 3. The Morgan fingerprint density at radius 3 is 1.09 bits per heavy atom. The molecule has 0 aromatic heterocycles. The first kappa shape index (κ1) is 72.7. The molecule has 11 nitrogen and oxygen atoms in total. The quantitative estimate of drug-likeness (QED) is 0.0197. The highest BCUT2D eigenvalue weighted by Gasteiger charge is 2.28. The Kier molecular flexibility index (Phi) is 55.3. The van der Waals surface area contributed by atoms with Gasteiger partial charge in [0.05, 0.1) is 19.8 Å². The standard InChI is InChI=1S/C64H111O11P/c1-4-7-10-13-16-19-22-25-28-30-33-35-38-41-44-47-50-53-62(66)71-57-61(75-64(68)55-52-49-46-43-40-37-34-31-29-26-23-20-17-14-11-8-5-2)59-73-76(69,70)72-58-60(56-65)74-63(67)54-51-48-45-42-39-36-32-27-24-21-18-15-12-9-6-3/h7,10,16-17,19-20,25-29,32-33,35,60-61,65H,4-6,8-9,11-15,18,21-24,30-31,34,36-59H2,1-3H3,(H,69,70)/b10-7-,19-16-,20-17-,28-25-,29-26-,32-27-,35-33-. The highest BCUT2D eigenvalue weighted by atomic mass is 31.2. The topological polar surface area (TPSA) is 155 Å². The van der Waals surface area contributed by atoms with E-state index in [1.54, 1.807) is 0 Å². The molecule has 0 saturated carbocycles. The fourth-order valence-corrected chi connectivity index (χ4v) is 8.92. The zero-order valence-corrected chi connectivity index (χ0v) is 49.3. The van der Waals surface area contributed by atoms with Crippen LogP contribution in [0.5, 0.6) is 0 Å². The number of hydrogen-bond acceptors (Lipinski definition) is 10. The SMILES string of the molecule is CC/C=C\C/C=C\C/C=C\C/C=C\CCCCCCC(=O)OCC(COP(=O)(O)OCC(CO)OC(=O)CCCCCCC/C=C\CCCCCCCC)OC(=O)CCCCCCCCC/C=C\C/C=C\CCCCC. The van der Waals surface area contributed by atoms with E-state index in [0.29, 0.717) is 19.3 Å². The number of allylic oxidation sites excluding steroid dienone is 14. The first-order chi connectivity index (χ1) is 37.2. The summed E-state index contributed by atoms with van der Waals surface area (Å²) in [5.41, 5.74) is 0. The van der Waals surface area contributed by atoms with E-state index in [9.17, 15) is 28.9 Å². The monoisotopic (exact) mass is 1090 g/mol. The van der Waals surface area contributed by atoms with E-state index in [4.69, 9.17) is 23.3 Å². The van der Waals surface area contributed by atoms with Gasteiger partial charge in [0, 0.05) is 19.3 Å². The number of carbonyl (C=O) groups is 3. The molecular formula is C64H111O11P. The third-order valence-electron chi connectivity index (χ3n) is 12.8. The average molecular weight is 1090 g/mol. The second-order valence-electron chi connectivity index (χ2n) is 20.1. The maximum Gasteiger partial charge on any atom is 0.472 e. The number of hydrogen-bond donors (Lipinski definition) is 2. The summed E-state index contributed by atoms with van der Waals surface area (Å²) in [6.07, 6.45) is 66.7. The minimum absolute atomic E-state index is 0.150. The molecule has 3 unspecified atom stereocenters. The molecule has 76 heavy (non-hydrogen) atoms. The van der Waals surface area contributed by atoms with Crippen LogP contribution in [0.4, 0.5) is 0 Å². The van der Waals surface area contributed by atoms with Crippen molar-refractivity contribution < 1.29 is 52.2 Å². The van der Waals surface area contributed by atoms with Crippen molar-refractivity contribution in [2.45, 2.75) is 277 Å². The van der Waals surface area contributed by atoms with Gasteiger partial charge in [-0.1, -0.05) is 215 Å². The maximum atomic E-state index is 12.9. The molecular weight excluding hydrogens is 976 g/mol. The van der Waals surface area contributed by atoms with Crippen molar-refractivity contribution in [1.82, 2.24) is 0 Å². The van der Waals surface area contributed by atoms with Crippen LogP contribution in [0.1, 0.15) is 265 Å². The van der Waals surface area contributed by atoms with Gasteiger partial charge in [0.25, 0.3) is 0 Å². The molecule has 0 aromatic carbocycles. The number of phosphoric ester groups is 1. The van der Waals surface area contributed by atoms with Gasteiger partial charge in [0.15, 0.2) is 6.10 Å². The van der Waals surface area contributed by atoms with E-state index in [0.717, 1.165) is 128 Å². The molecule has 0 aliphatic rings. The number of unbranched alkanes of at least 4 members (excludes halogenated alkanes) is 25. The molecule has 0 aliphatic carbocycles. The lowest BCUT2D eigenvalue weighted by atomic mass is 10.1. The Morgan fingerprint density at radius 2 is 0.684 bits per heavy atom. The molecule has 0 bridgehead atoms. The fourth-order valence-electron chi connectivity index (χ4n) is 8.14. The minimum atomic E-state index is -4.76. The van der Waals surface area contributed by atoms with Crippen LogP contribution < -0.4 is 0 Å². The van der Waals surface area contributed by atoms with Crippen molar-refractivity contribution in [1.29, 1.82) is 0 Å². The molecule has 2 N–H and O–H groups in total. The predicted molar refractivity (Wildman–Crippen MR) is 316 cm³/mol. The van der Waals surface area contributed by atoms with Gasteiger partial charge in [0.2, 0.25) is 0 Å². The number of rotatable bonds is 56. The smallest absolute Gasteiger partial charge is 0.462 e. The van der Waals surface area contributed by atoms with E-state index >= 15 is 0 Å². The summed E-state index contributed by atoms with van der Waals surface area (Å²) in [7, 11) is -4.76. The van der Waals surface area contributed by atoms with Gasteiger partial charge < -0.3 is 24.2 Å². The zero-order valence-electron chi connectivity index (χ0n) is 48.5. The van der Waals surface area contributed by atoms with Crippen LogP contribution in [0.25, 0.3) is 0 Å². The van der Waals surface area contributed by atoms with Gasteiger partial charge in [0.1, 0.15) is 12.7 Å². The Balaban J connectivity index is 4.77. The number of phosphoric acid groups is 1. The van der Waals surface area contributed by atoms with Crippen molar-refractivity contribution in [2.24, 2.45) is 0 Å². The van der Waals surface area contributed by atoms with Crippen LogP contribution in [0.3, 0.4) is 0 Å². The Morgan fingerprint density at radius 1 is 0.382 bits per heavy atom. The van der Waals surface area contributed by atoms with E-state index in [1.165, 1.54) is 77.0 Å². The zero-order chi connectivity index (χ0) is 55.5. The molecule has 0 amide bonds. The molecule has 3 atom stereocenters. The summed E-state index contributed by atoms with van der Waals surface area (Å²) in [6.45, 7) is 4.47. The maximum absolute atomic E-state index is 12.9. The lowest BCUT2D eigenvalue weighted by Gasteiger charge is -2.21. The fraction of sp³-hybridized carbons (Fsp3) is 0.734. The lowest BCUT2D eigenvalue weighted by Crippen LogP contribution is -2.30. The summed E-state index contributed by atoms with van der Waals surface area (Å²) < 4.78 is 39.6. The van der Waals surface area contributed by atoms with Gasteiger partial charge in [-0.2, -0.15) is 0 Å². The molecule has 0 aromatic rings.